The zero-order valence-corrected chi connectivity index (χ0v) is 13.2. The van der Waals surface area contributed by atoms with Crippen molar-refractivity contribution in [1.82, 2.24) is 0 Å². The molecule has 0 bridgehead atoms. The fourth-order valence-electron chi connectivity index (χ4n) is 1.64. The first kappa shape index (κ1) is 14.9. The van der Waals surface area contributed by atoms with E-state index in [1.807, 2.05) is 36.4 Å². The molecule has 2 aromatic rings. The van der Waals surface area contributed by atoms with Gasteiger partial charge in [0.15, 0.2) is 0 Å². The molecule has 0 saturated heterocycles. The van der Waals surface area contributed by atoms with Gasteiger partial charge < -0.3 is 11.1 Å². The lowest BCUT2D eigenvalue weighted by Gasteiger charge is -2.08. The number of nitrogens with one attached hydrogen (secondary N) is 1. The predicted molar refractivity (Wildman–Crippen MR) is 89.0 cm³/mol. The summed E-state index contributed by atoms with van der Waals surface area (Å²) in [5.41, 5.74) is 7.03. The van der Waals surface area contributed by atoms with Crippen LogP contribution in [0.25, 0.3) is 0 Å². The lowest BCUT2D eigenvalue weighted by molar-refractivity contribution is -0.115. The molecule has 2 aromatic carbocycles. The molecule has 0 fully saturated rings. The highest BCUT2D eigenvalue weighted by Crippen LogP contribution is 2.27. The number of benzene rings is 2. The van der Waals surface area contributed by atoms with E-state index in [4.69, 9.17) is 5.73 Å². The third kappa shape index (κ3) is 4.28. The first-order valence-corrected chi connectivity index (χ1v) is 7.96. The third-order valence-electron chi connectivity index (χ3n) is 2.66. The van der Waals surface area contributed by atoms with Crippen molar-refractivity contribution in [1.29, 1.82) is 0 Å². The molecule has 1 amide bonds. The number of rotatable bonds is 5. The van der Waals surface area contributed by atoms with Gasteiger partial charge in [-0.1, -0.05) is 24.3 Å². The molecule has 2 rings (SSSR count). The second kappa shape index (κ2) is 7.36. The van der Waals surface area contributed by atoms with Crippen molar-refractivity contribution in [2.24, 2.45) is 0 Å². The summed E-state index contributed by atoms with van der Waals surface area (Å²) >= 11 is 5.14. The Balaban J connectivity index is 1.82. The van der Waals surface area contributed by atoms with Gasteiger partial charge in [-0.25, -0.2) is 0 Å². The summed E-state index contributed by atoms with van der Waals surface area (Å²) in [6.45, 7) is 0. The van der Waals surface area contributed by atoms with Gasteiger partial charge >= 0.3 is 0 Å². The highest BCUT2D eigenvalue weighted by Gasteiger charge is 2.06. The molecule has 0 aromatic heterocycles. The van der Waals surface area contributed by atoms with Gasteiger partial charge in [-0.15, -0.1) is 11.8 Å². The molecule has 3 N–H and O–H groups in total. The van der Waals surface area contributed by atoms with Gasteiger partial charge in [0.05, 0.1) is 11.4 Å². The van der Waals surface area contributed by atoms with E-state index in [-0.39, 0.29) is 5.91 Å². The van der Waals surface area contributed by atoms with Gasteiger partial charge in [0, 0.05) is 21.5 Å². The molecular weight excluding hydrogens is 336 g/mol. The number of thioether (sulfide) groups is 1. The van der Waals surface area contributed by atoms with Gasteiger partial charge in [0.1, 0.15) is 0 Å². The zero-order valence-electron chi connectivity index (χ0n) is 10.8. The van der Waals surface area contributed by atoms with Crippen LogP contribution in [0.2, 0.25) is 0 Å². The van der Waals surface area contributed by atoms with Crippen molar-refractivity contribution in [2.45, 2.75) is 11.3 Å². The molecule has 0 aliphatic carbocycles. The number of hydrogen-bond donors (Lipinski definition) is 2. The van der Waals surface area contributed by atoms with Crippen LogP contribution in [0.3, 0.4) is 0 Å². The van der Waals surface area contributed by atoms with Crippen LogP contribution in [0.15, 0.2) is 57.9 Å². The maximum absolute atomic E-state index is 11.8. The van der Waals surface area contributed by atoms with Crippen LogP contribution in [0.1, 0.15) is 6.42 Å². The minimum Gasteiger partial charge on any atom is -0.397 e. The van der Waals surface area contributed by atoms with Crippen molar-refractivity contribution >= 4 is 45.0 Å². The Bertz CT molecular complexity index is 604. The molecule has 0 aliphatic rings. The molecule has 0 spiro atoms. The molecule has 3 nitrogen and oxygen atoms in total. The number of anilines is 2. The number of nitrogen functional groups attached to an aromatic ring is 1. The molecule has 0 unspecified atom stereocenters. The third-order valence-corrected chi connectivity index (χ3v) is 4.69. The second-order valence-electron chi connectivity index (χ2n) is 4.16. The maximum atomic E-state index is 11.8. The number of nitrogens with two attached hydrogens (primary N) is 1. The van der Waals surface area contributed by atoms with Crippen LogP contribution in [-0.4, -0.2) is 11.7 Å². The van der Waals surface area contributed by atoms with Crippen LogP contribution in [0, 0.1) is 0 Å². The van der Waals surface area contributed by atoms with E-state index in [1.165, 1.54) is 0 Å². The van der Waals surface area contributed by atoms with E-state index < -0.39 is 0 Å². The van der Waals surface area contributed by atoms with Gasteiger partial charge in [0.25, 0.3) is 0 Å². The first-order valence-electron chi connectivity index (χ1n) is 6.18. The predicted octanol–water partition coefficient (Wildman–Crippen LogP) is 4.15. The Labute approximate surface area is 131 Å². The summed E-state index contributed by atoms with van der Waals surface area (Å²) in [5, 5.41) is 2.82. The Morgan fingerprint density at radius 2 is 1.85 bits per heavy atom. The zero-order chi connectivity index (χ0) is 14.4. The molecule has 0 radical (unpaired) electrons. The smallest absolute Gasteiger partial charge is 0.225 e. The number of amides is 1. The molecule has 104 valence electrons. The van der Waals surface area contributed by atoms with Crippen molar-refractivity contribution < 1.29 is 4.79 Å². The molecule has 0 heterocycles. The number of carbonyl (C=O) groups is 1. The fourth-order valence-corrected chi connectivity index (χ4v) is 3.16. The standard InChI is InChI=1S/C15H15BrN2OS/c16-11-5-1-4-8-14(11)20-10-9-15(19)18-13-7-3-2-6-12(13)17/h1-8H,9-10,17H2,(H,18,19). The molecule has 5 heteroatoms. The summed E-state index contributed by atoms with van der Waals surface area (Å²) in [5.74, 6) is 0.698. The van der Waals surface area contributed by atoms with Crippen LogP contribution < -0.4 is 11.1 Å². The van der Waals surface area contributed by atoms with E-state index >= 15 is 0 Å². The van der Waals surface area contributed by atoms with Crippen LogP contribution in [-0.2, 0) is 4.79 Å². The monoisotopic (exact) mass is 350 g/mol. The molecule has 0 aliphatic heterocycles. The Kier molecular flexibility index (Phi) is 5.49. The average molecular weight is 351 g/mol. The molecule has 0 atom stereocenters. The van der Waals surface area contributed by atoms with Gasteiger partial charge in [-0.05, 0) is 40.2 Å². The summed E-state index contributed by atoms with van der Waals surface area (Å²) < 4.78 is 1.05. The van der Waals surface area contributed by atoms with E-state index in [0.29, 0.717) is 17.8 Å². The highest BCUT2D eigenvalue weighted by atomic mass is 79.9. The maximum Gasteiger partial charge on any atom is 0.225 e. The van der Waals surface area contributed by atoms with Crippen LogP contribution in [0.4, 0.5) is 11.4 Å². The highest BCUT2D eigenvalue weighted by molar-refractivity contribution is 9.10. The number of carbonyl (C=O) groups excluding carboxylic acids is 1. The van der Waals surface area contributed by atoms with Crippen molar-refractivity contribution in [3.63, 3.8) is 0 Å². The van der Waals surface area contributed by atoms with E-state index in [1.54, 1.807) is 23.9 Å². The van der Waals surface area contributed by atoms with E-state index in [9.17, 15) is 4.79 Å². The Hall–Kier alpha value is -1.46. The fraction of sp³-hybridized carbons (Fsp3) is 0.133. The van der Waals surface area contributed by atoms with Crippen molar-refractivity contribution in [3.05, 3.63) is 53.0 Å². The lowest BCUT2D eigenvalue weighted by atomic mass is 10.2. The number of halogens is 1. The first-order chi connectivity index (χ1) is 9.66. The average Bonchev–Trinajstić information content (AvgIpc) is 2.43. The van der Waals surface area contributed by atoms with Gasteiger partial charge in [-0.3, -0.25) is 4.79 Å². The summed E-state index contributed by atoms with van der Waals surface area (Å²) in [6.07, 6.45) is 0.445. The SMILES string of the molecule is Nc1ccccc1NC(=O)CCSc1ccccc1Br. The van der Waals surface area contributed by atoms with Crippen molar-refractivity contribution in [2.75, 3.05) is 16.8 Å². The Morgan fingerprint density at radius 3 is 2.60 bits per heavy atom. The van der Waals surface area contributed by atoms with Crippen molar-refractivity contribution in [3.8, 4) is 0 Å². The lowest BCUT2D eigenvalue weighted by Crippen LogP contribution is -2.13. The topological polar surface area (TPSA) is 55.1 Å². The van der Waals surface area contributed by atoms with Crippen LogP contribution >= 0.6 is 27.7 Å². The Morgan fingerprint density at radius 1 is 1.15 bits per heavy atom. The molecular formula is C15H15BrN2OS. The summed E-state index contributed by atoms with van der Waals surface area (Å²) in [6, 6.07) is 15.2. The van der Waals surface area contributed by atoms with Crippen LogP contribution in [0.5, 0.6) is 0 Å². The summed E-state index contributed by atoms with van der Waals surface area (Å²) in [7, 11) is 0. The van der Waals surface area contributed by atoms with E-state index in [2.05, 4.69) is 21.2 Å². The number of para-hydroxylation sites is 2. The summed E-state index contributed by atoms with van der Waals surface area (Å²) in [4.78, 5) is 13.0. The molecule has 20 heavy (non-hydrogen) atoms. The van der Waals surface area contributed by atoms with E-state index in [0.717, 1.165) is 15.1 Å². The second-order valence-corrected chi connectivity index (χ2v) is 6.16. The largest absolute Gasteiger partial charge is 0.397 e. The normalized spacial score (nSPS) is 10.2. The minimum absolute atomic E-state index is 0.0255. The quantitative estimate of drug-likeness (QED) is 0.628. The van der Waals surface area contributed by atoms with Gasteiger partial charge in [0.2, 0.25) is 5.91 Å². The number of hydrogen-bond acceptors (Lipinski definition) is 3. The van der Waals surface area contributed by atoms with Gasteiger partial charge in [-0.2, -0.15) is 0 Å². The minimum atomic E-state index is -0.0255. The molecule has 0 saturated carbocycles.